The molecule has 3 aromatic rings. The summed E-state index contributed by atoms with van der Waals surface area (Å²) in [7, 11) is 3.40. The van der Waals surface area contributed by atoms with Crippen molar-refractivity contribution in [1.29, 1.82) is 0 Å². The number of imide groups is 1. The number of nitrogens with zero attached hydrogens (tertiary/aromatic N) is 4. The van der Waals surface area contributed by atoms with Gasteiger partial charge in [0.1, 0.15) is 11.9 Å². The van der Waals surface area contributed by atoms with E-state index < -0.39 is 18.0 Å². The second kappa shape index (κ2) is 11.2. The maximum absolute atomic E-state index is 13.7. The Morgan fingerprint density at radius 3 is 2.54 bits per heavy atom. The summed E-state index contributed by atoms with van der Waals surface area (Å²) in [4.78, 5) is 51.2. The molecular formula is C28H32N6O3. The van der Waals surface area contributed by atoms with Crippen molar-refractivity contribution >= 4 is 29.4 Å². The second-order valence-electron chi connectivity index (χ2n) is 9.19. The lowest BCUT2D eigenvalue weighted by atomic mass is 9.81. The molecule has 4 amide bonds. The number of carbonyl (C=O) groups excluding carboxylic acids is 3. The molecule has 4 rings (SSSR count). The van der Waals surface area contributed by atoms with E-state index >= 15 is 0 Å². The average molecular weight is 501 g/mol. The highest BCUT2D eigenvalue weighted by Crippen LogP contribution is 2.33. The molecule has 1 aliphatic heterocycles. The molecule has 0 radical (unpaired) electrons. The highest BCUT2D eigenvalue weighted by molar-refractivity contribution is 6.12. The third-order valence-corrected chi connectivity index (χ3v) is 6.75. The zero-order valence-electron chi connectivity index (χ0n) is 21.5. The fraction of sp³-hybridized carbons (Fsp3) is 0.321. The lowest BCUT2D eigenvalue weighted by Gasteiger charge is -2.46. The van der Waals surface area contributed by atoms with E-state index in [1.165, 1.54) is 4.90 Å². The van der Waals surface area contributed by atoms with Crippen LogP contribution in [0.4, 0.5) is 16.3 Å². The number of aryl methyl sites for hydroxylation is 1. The zero-order valence-corrected chi connectivity index (χ0v) is 21.5. The SMILES string of the molecule is CC[C@@H](NC(=O)N1C(=O)[C@H](Cc2ccnc(NC)c2)[C@H]1C(=O)N(C)c1ccncc1)c1cccc(C)c1. The summed E-state index contributed by atoms with van der Waals surface area (Å²) in [5.41, 5.74) is 3.52. The summed E-state index contributed by atoms with van der Waals surface area (Å²) >= 11 is 0. The van der Waals surface area contributed by atoms with Crippen molar-refractivity contribution in [3.8, 4) is 0 Å². The summed E-state index contributed by atoms with van der Waals surface area (Å²) in [6.07, 6.45) is 5.80. The minimum absolute atomic E-state index is 0.286. The highest BCUT2D eigenvalue weighted by Gasteiger charge is 2.55. The van der Waals surface area contributed by atoms with E-state index in [0.717, 1.165) is 21.6 Å². The quantitative estimate of drug-likeness (QED) is 0.457. The van der Waals surface area contributed by atoms with Gasteiger partial charge in [-0.2, -0.15) is 0 Å². The van der Waals surface area contributed by atoms with E-state index in [0.29, 0.717) is 24.3 Å². The van der Waals surface area contributed by atoms with Gasteiger partial charge in [-0.05, 0) is 55.2 Å². The first-order valence-electron chi connectivity index (χ1n) is 12.3. The number of urea groups is 1. The van der Waals surface area contributed by atoms with Crippen molar-refractivity contribution in [2.24, 2.45) is 5.92 Å². The number of amides is 4. The van der Waals surface area contributed by atoms with Gasteiger partial charge in [-0.1, -0.05) is 36.8 Å². The Morgan fingerprint density at radius 1 is 1.11 bits per heavy atom. The number of β-lactam (4-membered cyclic amide) rings is 1. The molecule has 2 N–H and O–H groups in total. The normalized spacial score (nSPS) is 17.5. The molecule has 3 atom stereocenters. The van der Waals surface area contributed by atoms with Crippen molar-refractivity contribution < 1.29 is 14.4 Å². The predicted octanol–water partition coefficient (Wildman–Crippen LogP) is 3.72. The largest absolute Gasteiger partial charge is 0.373 e. The molecule has 37 heavy (non-hydrogen) atoms. The zero-order chi connectivity index (χ0) is 26.5. The summed E-state index contributed by atoms with van der Waals surface area (Å²) in [6.45, 7) is 3.96. The van der Waals surface area contributed by atoms with Crippen LogP contribution in [0.1, 0.15) is 36.1 Å². The maximum Gasteiger partial charge on any atom is 0.325 e. The predicted molar refractivity (Wildman–Crippen MR) is 142 cm³/mol. The molecule has 9 heteroatoms. The number of benzene rings is 1. The Hall–Kier alpha value is -4.27. The Morgan fingerprint density at radius 2 is 1.86 bits per heavy atom. The number of hydrogen-bond acceptors (Lipinski definition) is 6. The number of aromatic nitrogens is 2. The van der Waals surface area contributed by atoms with Crippen LogP contribution in [-0.4, -0.2) is 52.9 Å². The first kappa shape index (κ1) is 25.8. The average Bonchev–Trinajstić information content (AvgIpc) is 2.92. The molecule has 1 aliphatic rings. The fourth-order valence-electron chi connectivity index (χ4n) is 4.67. The van der Waals surface area contributed by atoms with Gasteiger partial charge < -0.3 is 15.5 Å². The molecule has 1 saturated heterocycles. The molecule has 1 aromatic carbocycles. The van der Waals surface area contributed by atoms with Crippen LogP contribution in [0.5, 0.6) is 0 Å². The van der Waals surface area contributed by atoms with Crippen LogP contribution >= 0.6 is 0 Å². The fourth-order valence-corrected chi connectivity index (χ4v) is 4.67. The van der Waals surface area contributed by atoms with Gasteiger partial charge in [-0.25, -0.2) is 9.78 Å². The van der Waals surface area contributed by atoms with Crippen molar-refractivity contribution in [3.63, 3.8) is 0 Å². The van der Waals surface area contributed by atoms with Crippen LogP contribution in [0.25, 0.3) is 0 Å². The molecule has 2 aromatic heterocycles. The number of anilines is 2. The number of carbonyl (C=O) groups is 3. The van der Waals surface area contributed by atoms with Gasteiger partial charge >= 0.3 is 6.03 Å². The number of rotatable bonds is 8. The van der Waals surface area contributed by atoms with Gasteiger partial charge in [0.25, 0.3) is 5.91 Å². The number of nitrogens with one attached hydrogen (secondary N) is 2. The molecule has 1 fully saturated rings. The molecule has 0 bridgehead atoms. The van der Waals surface area contributed by atoms with Crippen LogP contribution < -0.4 is 15.5 Å². The third-order valence-electron chi connectivity index (χ3n) is 6.75. The molecule has 3 heterocycles. The Labute approximate surface area is 216 Å². The Bertz CT molecular complexity index is 1280. The van der Waals surface area contributed by atoms with Gasteiger partial charge in [-0.3, -0.25) is 19.5 Å². The van der Waals surface area contributed by atoms with Crippen LogP contribution in [0.15, 0.2) is 67.1 Å². The maximum atomic E-state index is 13.7. The molecule has 0 spiro atoms. The van der Waals surface area contributed by atoms with Gasteiger partial charge in [0.15, 0.2) is 0 Å². The van der Waals surface area contributed by atoms with Crippen LogP contribution in [0, 0.1) is 12.8 Å². The molecule has 192 valence electrons. The molecule has 0 aliphatic carbocycles. The molecule has 9 nitrogen and oxygen atoms in total. The topological polar surface area (TPSA) is 108 Å². The standard InChI is InChI=1S/C28H32N6O3/c1-5-23(20-8-6-7-18(2)15-20)32-28(37)34-25(27(36)33(4)21-10-12-30-13-11-21)22(26(34)35)16-19-9-14-31-24(17-19)29-3/h6-15,17,22-23,25H,5,16H2,1-4H3,(H,29,31)(H,32,37)/t22-,23-,25+/m1/s1. The number of likely N-dealkylation sites (N-methyl/N-ethyl adjacent to an activating group) is 1. The summed E-state index contributed by atoms with van der Waals surface area (Å²) < 4.78 is 0. The number of likely N-dealkylation sites (tertiary alicyclic amines) is 1. The van der Waals surface area contributed by atoms with E-state index in [4.69, 9.17) is 0 Å². The van der Waals surface area contributed by atoms with E-state index in [-0.39, 0.29) is 17.9 Å². The van der Waals surface area contributed by atoms with E-state index in [1.54, 1.807) is 44.8 Å². The third kappa shape index (κ3) is 5.45. The summed E-state index contributed by atoms with van der Waals surface area (Å²) in [6, 6.07) is 13.2. The lowest BCUT2D eigenvalue weighted by molar-refractivity contribution is -0.156. The van der Waals surface area contributed by atoms with Crippen molar-refractivity contribution in [2.45, 2.75) is 38.8 Å². The first-order chi connectivity index (χ1) is 17.8. The van der Waals surface area contributed by atoms with Crippen molar-refractivity contribution in [1.82, 2.24) is 20.2 Å². The highest BCUT2D eigenvalue weighted by atomic mass is 16.2. The van der Waals surface area contributed by atoms with Gasteiger partial charge in [0.05, 0.1) is 12.0 Å². The lowest BCUT2D eigenvalue weighted by Crippen LogP contribution is -2.70. The second-order valence-corrected chi connectivity index (χ2v) is 9.19. The van der Waals surface area contributed by atoms with Crippen molar-refractivity contribution in [2.75, 3.05) is 24.3 Å². The van der Waals surface area contributed by atoms with Gasteiger partial charge in [0.2, 0.25) is 5.91 Å². The number of hydrogen-bond donors (Lipinski definition) is 2. The van der Waals surface area contributed by atoms with Crippen LogP contribution in [0.2, 0.25) is 0 Å². The molecule has 0 unspecified atom stereocenters. The van der Waals surface area contributed by atoms with Gasteiger partial charge in [-0.15, -0.1) is 0 Å². The minimum atomic E-state index is -0.938. The monoisotopic (exact) mass is 500 g/mol. The molecule has 0 saturated carbocycles. The summed E-state index contributed by atoms with van der Waals surface area (Å²) in [5, 5.41) is 5.96. The molecular weight excluding hydrogens is 468 g/mol. The van der Waals surface area contributed by atoms with Crippen LogP contribution in [0.3, 0.4) is 0 Å². The summed E-state index contributed by atoms with van der Waals surface area (Å²) in [5.74, 6) is -0.716. The van der Waals surface area contributed by atoms with Gasteiger partial charge in [0, 0.05) is 38.4 Å². The smallest absolute Gasteiger partial charge is 0.325 e. The Kier molecular flexibility index (Phi) is 7.81. The first-order valence-corrected chi connectivity index (χ1v) is 12.3. The Balaban J connectivity index is 1.60. The van der Waals surface area contributed by atoms with Crippen molar-refractivity contribution in [3.05, 3.63) is 83.8 Å². The van der Waals surface area contributed by atoms with Crippen LogP contribution in [-0.2, 0) is 16.0 Å². The van der Waals surface area contributed by atoms with E-state index in [9.17, 15) is 14.4 Å². The van der Waals surface area contributed by atoms with E-state index in [2.05, 4.69) is 20.6 Å². The van der Waals surface area contributed by atoms with E-state index in [1.807, 2.05) is 50.2 Å². The number of pyridine rings is 2. The minimum Gasteiger partial charge on any atom is -0.373 e.